The Morgan fingerprint density at radius 1 is 1.32 bits per heavy atom. The van der Waals surface area contributed by atoms with E-state index in [9.17, 15) is 9.18 Å². The first-order valence-corrected chi connectivity index (χ1v) is 8.24. The fraction of sp³-hybridized carbons (Fsp3) is 0.500. The average molecular weight is 300 g/mol. The molecule has 22 heavy (non-hydrogen) atoms. The van der Waals surface area contributed by atoms with Gasteiger partial charge in [-0.3, -0.25) is 4.79 Å². The lowest BCUT2D eigenvalue weighted by atomic mass is 9.83. The lowest BCUT2D eigenvalue weighted by molar-refractivity contribution is 0.0999. The Balaban J connectivity index is 1.91. The molecule has 3 aliphatic rings. The number of hydrogen-bond donors (Lipinski definition) is 2. The monoisotopic (exact) mass is 300 g/mol. The van der Waals surface area contributed by atoms with E-state index in [1.807, 2.05) is 0 Å². The van der Waals surface area contributed by atoms with E-state index in [1.165, 1.54) is 17.2 Å². The summed E-state index contributed by atoms with van der Waals surface area (Å²) >= 11 is 0. The van der Waals surface area contributed by atoms with E-state index in [0.29, 0.717) is 5.56 Å². The van der Waals surface area contributed by atoms with E-state index in [0.717, 1.165) is 68.3 Å². The van der Waals surface area contributed by atoms with Gasteiger partial charge in [-0.25, -0.2) is 4.39 Å². The number of carbonyl (C=O) groups excluding carboxylic acids is 1. The molecule has 3 N–H and O–H groups in total. The number of benzene rings is 1. The molecular formula is C18H21FN2O. The molecule has 0 saturated carbocycles. The second-order valence-electron chi connectivity index (χ2n) is 6.69. The molecule has 1 unspecified atom stereocenters. The Labute approximate surface area is 129 Å². The highest BCUT2D eigenvalue weighted by molar-refractivity contribution is 5.98. The summed E-state index contributed by atoms with van der Waals surface area (Å²) in [6.45, 7) is 1.83. The molecule has 3 nitrogen and oxygen atoms in total. The molecule has 4 heteroatoms. The van der Waals surface area contributed by atoms with Gasteiger partial charge in [0.1, 0.15) is 5.82 Å². The maximum absolute atomic E-state index is 14.8. The van der Waals surface area contributed by atoms with Crippen LogP contribution in [0.5, 0.6) is 0 Å². The number of carbonyl (C=O) groups is 1. The van der Waals surface area contributed by atoms with Gasteiger partial charge in [0.25, 0.3) is 0 Å². The highest BCUT2D eigenvalue weighted by atomic mass is 19.1. The summed E-state index contributed by atoms with van der Waals surface area (Å²) in [5.41, 5.74) is 11.4. The average Bonchev–Trinajstić information content (AvgIpc) is 3.08. The lowest BCUT2D eigenvalue weighted by Crippen LogP contribution is -2.30. The zero-order valence-corrected chi connectivity index (χ0v) is 12.7. The molecule has 116 valence electrons. The van der Waals surface area contributed by atoms with Gasteiger partial charge in [0, 0.05) is 17.7 Å². The lowest BCUT2D eigenvalue weighted by Gasteiger charge is -2.27. The van der Waals surface area contributed by atoms with E-state index in [-0.39, 0.29) is 11.7 Å². The van der Waals surface area contributed by atoms with E-state index >= 15 is 0 Å². The van der Waals surface area contributed by atoms with Gasteiger partial charge in [-0.2, -0.15) is 0 Å². The van der Waals surface area contributed by atoms with Crippen LogP contribution < -0.4 is 11.1 Å². The molecule has 0 radical (unpaired) electrons. The Morgan fingerprint density at radius 3 is 2.91 bits per heavy atom. The number of primary amides is 1. The van der Waals surface area contributed by atoms with Crippen molar-refractivity contribution in [3.63, 3.8) is 0 Å². The van der Waals surface area contributed by atoms with Gasteiger partial charge in [0.05, 0.1) is 0 Å². The molecule has 0 spiro atoms. The van der Waals surface area contributed by atoms with Gasteiger partial charge >= 0.3 is 0 Å². The van der Waals surface area contributed by atoms with Gasteiger partial charge < -0.3 is 11.1 Å². The van der Waals surface area contributed by atoms with Crippen LogP contribution in [0.3, 0.4) is 0 Å². The first-order chi connectivity index (χ1) is 10.7. The number of hydrogen-bond acceptors (Lipinski definition) is 2. The number of nitrogens with two attached hydrogens (primary N) is 1. The molecular weight excluding hydrogens is 279 g/mol. The van der Waals surface area contributed by atoms with Crippen molar-refractivity contribution in [3.05, 3.63) is 39.7 Å². The van der Waals surface area contributed by atoms with E-state index in [4.69, 9.17) is 5.73 Å². The third-order valence-electron chi connectivity index (χ3n) is 5.42. The quantitative estimate of drug-likeness (QED) is 0.882. The van der Waals surface area contributed by atoms with Crippen LogP contribution in [0.4, 0.5) is 4.39 Å². The van der Waals surface area contributed by atoms with Gasteiger partial charge in [-0.1, -0.05) is 5.57 Å². The van der Waals surface area contributed by atoms with E-state index in [2.05, 4.69) is 5.32 Å². The van der Waals surface area contributed by atoms with Crippen molar-refractivity contribution in [3.8, 4) is 0 Å². The summed E-state index contributed by atoms with van der Waals surface area (Å²) in [5.74, 6) is -0.552. The summed E-state index contributed by atoms with van der Waals surface area (Å²) in [5, 5.41) is 3.37. The molecule has 4 rings (SSSR count). The van der Waals surface area contributed by atoms with Gasteiger partial charge in [-0.15, -0.1) is 0 Å². The van der Waals surface area contributed by atoms with Crippen molar-refractivity contribution in [2.45, 2.75) is 44.4 Å². The summed E-state index contributed by atoms with van der Waals surface area (Å²) in [4.78, 5) is 11.7. The van der Waals surface area contributed by atoms with Crippen LogP contribution in [0, 0.1) is 5.82 Å². The van der Waals surface area contributed by atoms with Crippen molar-refractivity contribution >= 4 is 11.5 Å². The van der Waals surface area contributed by atoms with Crippen LogP contribution in [-0.4, -0.2) is 19.0 Å². The SMILES string of the molecule is NC(=O)c1cc(F)c(C2CCCNC2)c2c1CC1=C2CCC1. The van der Waals surface area contributed by atoms with Crippen LogP contribution >= 0.6 is 0 Å². The first-order valence-electron chi connectivity index (χ1n) is 8.24. The third-order valence-corrected chi connectivity index (χ3v) is 5.42. The first kappa shape index (κ1) is 13.9. The van der Waals surface area contributed by atoms with Gasteiger partial charge in [0.2, 0.25) is 5.91 Å². The number of nitrogens with one attached hydrogen (secondary N) is 1. The summed E-state index contributed by atoms with van der Waals surface area (Å²) in [6.07, 6.45) is 6.10. The largest absolute Gasteiger partial charge is 0.366 e. The van der Waals surface area contributed by atoms with Crippen molar-refractivity contribution in [1.82, 2.24) is 5.32 Å². The molecule has 1 fully saturated rings. The summed E-state index contributed by atoms with van der Waals surface area (Å²) in [6, 6.07) is 1.38. The standard InChI is InChI=1S/C18H21FN2O/c19-15-8-14(18(20)22)13-7-10-3-1-5-12(10)17(13)16(15)11-4-2-6-21-9-11/h8,11,21H,1-7,9H2,(H2,20,22). The second-order valence-corrected chi connectivity index (χ2v) is 6.69. The predicted octanol–water partition coefficient (Wildman–Crippen LogP) is 2.89. The maximum Gasteiger partial charge on any atom is 0.249 e. The van der Waals surface area contributed by atoms with Crippen molar-refractivity contribution in [2.24, 2.45) is 5.73 Å². The number of rotatable bonds is 2. The minimum Gasteiger partial charge on any atom is -0.366 e. The zero-order valence-electron chi connectivity index (χ0n) is 12.7. The van der Waals surface area contributed by atoms with E-state index < -0.39 is 5.91 Å². The summed E-state index contributed by atoms with van der Waals surface area (Å²) < 4.78 is 14.8. The molecule has 0 bridgehead atoms. The van der Waals surface area contributed by atoms with Crippen molar-refractivity contribution < 1.29 is 9.18 Å². The Hall–Kier alpha value is -1.68. The smallest absolute Gasteiger partial charge is 0.249 e. The predicted molar refractivity (Wildman–Crippen MR) is 84.2 cm³/mol. The molecule has 1 saturated heterocycles. The molecule has 1 aliphatic heterocycles. The molecule has 0 aromatic heterocycles. The van der Waals surface area contributed by atoms with Crippen molar-refractivity contribution in [2.75, 3.05) is 13.1 Å². The van der Waals surface area contributed by atoms with Crippen LogP contribution in [0.15, 0.2) is 11.6 Å². The minimum absolute atomic E-state index is 0.205. The highest BCUT2D eigenvalue weighted by Gasteiger charge is 2.34. The number of allylic oxidation sites excluding steroid dienone is 2. The molecule has 1 aromatic rings. The Bertz CT molecular complexity index is 687. The molecule has 2 aliphatic carbocycles. The van der Waals surface area contributed by atoms with Gasteiger partial charge in [0.15, 0.2) is 0 Å². The highest BCUT2D eigenvalue weighted by Crippen LogP contribution is 2.48. The number of piperidine rings is 1. The molecule has 1 atom stereocenters. The Morgan fingerprint density at radius 2 is 2.18 bits per heavy atom. The normalized spacial score (nSPS) is 23.6. The van der Waals surface area contributed by atoms with Crippen LogP contribution in [-0.2, 0) is 6.42 Å². The number of halogens is 1. The fourth-order valence-electron chi connectivity index (χ4n) is 4.47. The topological polar surface area (TPSA) is 55.1 Å². The zero-order chi connectivity index (χ0) is 15.3. The Kier molecular flexibility index (Phi) is 3.30. The van der Waals surface area contributed by atoms with Crippen molar-refractivity contribution in [1.29, 1.82) is 0 Å². The van der Waals surface area contributed by atoms with Crippen LogP contribution in [0.25, 0.3) is 5.57 Å². The molecule has 1 heterocycles. The van der Waals surface area contributed by atoms with E-state index in [1.54, 1.807) is 0 Å². The maximum atomic E-state index is 14.8. The molecule has 1 aromatic carbocycles. The minimum atomic E-state index is -0.510. The summed E-state index contributed by atoms with van der Waals surface area (Å²) in [7, 11) is 0. The fourth-order valence-corrected chi connectivity index (χ4v) is 4.47. The molecule has 1 amide bonds. The number of fused-ring (bicyclic) bond motifs is 2. The third kappa shape index (κ3) is 2.01. The second kappa shape index (κ2) is 5.20. The van der Waals surface area contributed by atoms with Gasteiger partial charge in [-0.05, 0) is 73.8 Å². The van der Waals surface area contributed by atoms with Crippen LogP contribution in [0.2, 0.25) is 0 Å². The number of amides is 1. The van der Waals surface area contributed by atoms with Crippen LogP contribution in [0.1, 0.15) is 65.1 Å².